The van der Waals surface area contributed by atoms with E-state index in [1.807, 2.05) is 20.8 Å². The van der Waals surface area contributed by atoms with Crippen molar-refractivity contribution in [3.8, 4) is 0 Å². The number of hydrogen-bond acceptors (Lipinski definition) is 3. The standard InChI is InChI=1S/C27H53NO3P/c1-6-7-8-9-10-11-12-13-14-15-16-17-18-19-20-23-26(29)28-24-21-22-25-31-32(5,30)27(2,3)4/h13-14H,5-12,15-25H2,1-4H3,(H,28,29)/q-1/b14-13-. The molecule has 1 atom stereocenters. The number of nitrogens with one attached hydrogen (secondary N) is 1. The molecule has 190 valence electrons. The Morgan fingerprint density at radius 1 is 0.844 bits per heavy atom. The first kappa shape index (κ1) is 31.4. The molecule has 32 heavy (non-hydrogen) atoms. The van der Waals surface area contributed by atoms with Gasteiger partial charge in [0, 0.05) is 18.1 Å². The van der Waals surface area contributed by atoms with Crippen molar-refractivity contribution >= 4 is 13.3 Å². The Balaban J connectivity index is 3.40. The smallest absolute Gasteiger partial charge is 0.219 e. The highest BCUT2D eigenvalue weighted by Gasteiger charge is 2.25. The van der Waals surface area contributed by atoms with Crippen LogP contribution in [-0.2, 0) is 13.9 Å². The highest BCUT2D eigenvalue weighted by atomic mass is 31.2. The molecule has 0 bridgehead atoms. The maximum absolute atomic E-state index is 12.3. The Kier molecular flexibility index (Phi) is 19.5. The van der Waals surface area contributed by atoms with E-state index in [1.54, 1.807) is 0 Å². The lowest BCUT2D eigenvalue weighted by molar-refractivity contribution is -0.121. The molecule has 0 aromatic carbocycles. The monoisotopic (exact) mass is 470 g/mol. The second-order valence-electron chi connectivity index (χ2n) is 10.1. The van der Waals surface area contributed by atoms with Crippen LogP contribution in [0.15, 0.2) is 12.2 Å². The van der Waals surface area contributed by atoms with Crippen LogP contribution in [0, 0.1) is 6.66 Å². The summed E-state index contributed by atoms with van der Waals surface area (Å²) in [6, 6.07) is 0. The molecule has 0 rings (SSSR count). The van der Waals surface area contributed by atoms with Gasteiger partial charge in [0.2, 0.25) is 5.91 Å². The maximum atomic E-state index is 12.3. The summed E-state index contributed by atoms with van der Waals surface area (Å²) in [7, 11) is -2.83. The van der Waals surface area contributed by atoms with Crippen LogP contribution < -0.4 is 5.32 Å². The number of allylic oxidation sites excluding steroid dienone is 2. The summed E-state index contributed by atoms with van der Waals surface area (Å²) in [6.07, 6.45) is 23.4. The lowest BCUT2D eigenvalue weighted by Gasteiger charge is -2.33. The molecule has 0 aromatic rings. The van der Waals surface area contributed by atoms with E-state index in [4.69, 9.17) is 4.52 Å². The van der Waals surface area contributed by atoms with Crippen LogP contribution in [-0.4, -0.2) is 24.2 Å². The first-order valence-corrected chi connectivity index (χ1v) is 15.0. The van der Waals surface area contributed by atoms with E-state index in [2.05, 4.69) is 31.1 Å². The fraction of sp³-hybridized carbons (Fsp3) is 0.852. The summed E-state index contributed by atoms with van der Waals surface area (Å²) < 4.78 is 17.8. The number of hydrogen-bond donors (Lipinski definition) is 1. The minimum Gasteiger partial charge on any atom is -0.356 e. The van der Waals surface area contributed by atoms with Crippen molar-refractivity contribution in [2.45, 2.75) is 136 Å². The number of carbonyl (C=O) groups is 1. The normalized spacial score (nSPS) is 14.0. The first-order chi connectivity index (χ1) is 15.2. The molecule has 1 unspecified atom stereocenters. The van der Waals surface area contributed by atoms with Gasteiger partial charge in [-0.3, -0.25) is 11.5 Å². The molecule has 0 saturated heterocycles. The zero-order chi connectivity index (χ0) is 24.1. The average Bonchev–Trinajstić information content (AvgIpc) is 2.72. The molecule has 4 nitrogen and oxygen atoms in total. The molecule has 0 aliphatic heterocycles. The van der Waals surface area contributed by atoms with Crippen molar-refractivity contribution in [1.29, 1.82) is 0 Å². The maximum Gasteiger partial charge on any atom is 0.219 e. The molecule has 1 amide bonds. The predicted octanol–water partition coefficient (Wildman–Crippen LogP) is 8.81. The third-order valence-corrected chi connectivity index (χ3v) is 8.52. The van der Waals surface area contributed by atoms with Gasteiger partial charge < -0.3 is 14.4 Å². The zero-order valence-corrected chi connectivity index (χ0v) is 22.7. The molecule has 0 aliphatic rings. The third kappa shape index (κ3) is 18.9. The van der Waals surface area contributed by atoms with Crippen molar-refractivity contribution in [3.63, 3.8) is 0 Å². The van der Waals surface area contributed by atoms with Crippen molar-refractivity contribution in [2.75, 3.05) is 13.2 Å². The quantitative estimate of drug-likeness (QED) is 0.0789. The van der Waals surface area contributed by atoms with Gasteiger partial charge in [0.15, 0.2) is 0 Å². The van der Waals surface area contributed by atoms with Crippen LogP contribution in [0.25, 0.3) is 0 Å². The van der Waals surface area contributed by atoms with Gasteiger partial charge in [-0.05, 0) is 44.9 Å². The predicted molar refractivity (Wildman–Crippen MR) is 140 cm³/mol. The molecular weight excluding hydrogens is 417 g/mol. The van der Waals surface area contributed by atoms with Crippen molar-refractivity contribution < 1.29 is 13.9 Å². The Morgan fingerprint density at radius 2 is 1.38 bits per heavy atom. The second kappa shape index (κ2) is 19.8. The van der Waals surface area contributed by atoms with Crippen molar-refractivity contribution in [3.05, 3.63) is 18.8 Å². The Bertz CT molecular complexity index is 525. The SMILES string of the molecule is [CH2-]P(=O)(OCCCCNC(=O)CCCCCCC/C=C\CCCCCCCC)C(C)(C)C. The van der Waals surface area contributed by atoms with Gasteiger partial charge in [0.25, 0.3) is 0 Å². The van der Waals surface area contributed by atoms with E-state index in [9.17, 15) is 9.36 Å². The van der Waals surface area contributed by atoms with Gasteiger partial charge >= 0.3 is 0 Å². The molecule has 5 heteroatoms. The van der Waals surface area contributed by atoms with Crippen molar-refractivity contribution in [2.24, 2.45) is 0 Å². The van der Waals surface area contributed by atoms with E-state index in [0.717, 1.165) is 25.7 Å². The van der Waals surface area contributed by atoms with Gasteiger partial charge in [0.1, 0.15) is 0 Å². The van der Waals surface area contributed by atoms with E-state index in [0.29, 0.717) is 19.6 Å². The topological polar surface area (TPSA) is 55.4 Å². The summed E-state index contributed by atoms with van der Waals surface area (Å²) in [6.45, 7) is 12.7. The van der Waals surface area contributed by atoms with Gasteiger partial charge in [-0.1, -0.05) is 91.2 Å². The lowest BCUT2D eigenvalue weighted by atomic mass is 10.1. The van der Waals surface area contributed by atoms with Crippen LogP contribution >= 0.6 is 7.37 Å². The number of amides is 1. The summed E-state index contributed by atoms with van der Waals surface area (Å²) in [5.74, 6) is 0.140. The summed E-state index contributed by atoms with van der Waals surface area (Å²) >= 11 is 0. The van der Waals surface area contributed by atoms with Crippen LogP contribution in [0.5, 0.6) is 0 Å². The molecule has 0 radical (unpaired) electrons. The summed E-state index contributed by atoms with van der Waals surface area (Å²) in [4.78, 5) is 11.9. The van der Waals surface area contributed by atoms with Gasteiger partial charge in [-0.15, -0.1) is 0 Å². The largest absolute Gasteiger partial charge is 0.356 e. The number of carbonyl (C=O) groups excluding carboxylic acids is 1. The van der Waals surface area contributed by atoms with E-state index in [-0.39, 0.29) is 5.91 Å². The van der Waals surface area contributed by atoms with Crippen molar-refractivity contribution in [1.82, 2.24) is 5.32 Å². The molecule has 0 spiro atoms. The first-order valence-electron chi connectivity index (χ1n) is 13.2. The van der Waals surface area contributed by atoms with E-state index >= 15 is 0 Å². The fourth-order valence-corrected chi connectivity index (χ4v) is 4.12. The molecule has 0 heterocycles. The molecule has 0 aromatic heterocycles. The van der Waals surface area contributed by atoms with Crippen LogP contribution in [0.4, 0.5) is 0 Å². The minimum absolute atomic E-state index is 0.140. The highest BCUT2D eigenvalue weighted by molar-refractivity contribution is 7.61. The number of unbranched alkanes of at least 4 members (excludes halogenated alkanes) is 12. The van der Waals surface area contributed by atoms with Gasteiger partial charge in [-0.25, -0.2) is 0 Å². The summed E-state index contributed by atoms with van der Waals surface area (Å²) in [5.41, 5.74) is 0. The van der Waals surface area contributed by atoms with Crippen LogP contribution in [0.2, 0.25) is 0 Å². The zero-order valence-electron chi connectivity index (χ0n) is 21.8. The fourth-order valence-electron chi connectivity index (χ4n) is 3.31. The van der Waals surface area contributed by atoms with Crippen LogP contribution in [0.1, 0.15) is 130 Å². The van der Waals surface area contributed by atoms with Gasteiger partial charge in [-0.2, -0.15) is 0 Å². The minimum atomic E-state index is -2.83. The van der Waals surface area contributed by atoms with Crippen LogP contribution in [0.3, 0.4) is 0 Å². The third-order valence-electron chi connectivity index (χ3n) is 5.88. The number of rotatable bonds is 21. The molecule has 0 aliphatic carbocycles. The molecule has 0 fully saturated rings. The second-order valence-corrected chi connectivity index (χ2v) is 13.0. The highest BCUT2D eigenvalue weighted by Crippen LogP contribution is 2.57. The molecule has 1 N–H and O–H groups in total. The summed E-state index contributed by atoms with van der Waals surface area (Å²) in [5, 5.41) is 2.55. The Hall–Kier alpha value is -0.600. The average molecular weight is 471 g/mol. The lowest BCUT2D eigenvalue weighted by Crippen LogP contribution is -2.24. The van der Waals surface area contributed by atoms with E-state index in [1.165, 1.54) is 70.6 Å². The van der Waals surface area contributed by atoms with Gasteiger partial charge in [0.05, 0.1) is 14.0 Å². The Labute approximate surface area is 200 Å². The Morgan fingerprint density at radius 3 is 1.94 bits per heavy atom. The molecule has 0 saturated carbocycles. The van der Waals surface area contributed by atoms with E-state index < -0.39 is 12.5 Å². The molecular formula is C27H53NO3P-.